The lowest BCUT2D eigenvalue weighted by Gasteiger charge is -2.04. The van der Waals surface area contributed by atoms with E-state index in [1.54, 1.807) is 13.2 Å². The van der Waals surface area contributed by atoms with Gasteiger partial charge in [0.2, 0.25) is 5.76 Å². The van der Waals surface area contributed by atoms with Gasteiger partial charge < -0.3 is 19.6 Å². The molecule has 2 aromatic rings. The summed E-state index contributed by atoms with van der Waals surface area (Å²) in [6, 6.07) is 10.8. The van der Waals surface area contributed by atoms with Crippen molar-refractivity contribution in [2.24, 2.45) is 0 Å². The van der Waals surface area contributed by atoms with Gasteiger partial charge in [0, 0.05) is 6.54 Å². The van der Waals surface area contributed by atoms with Crippen molar-refractivity contribution < 1.29 is 19.1 Å². The summed E-state index contributed by atoms with van der Waals surface area (Å²) in [6.07, 6.45) is 0. The van der Waals surface area contributed by atoms with Crippen molar-refractivity contribution in [2.75, 3.05) is 7.11 Å². The second-order valence-corrected chi connectivity index (χ2v) is 4.02. The van der Waals surface area contributed by atoms with E-state index in [-0.39, 0.29) is 5.76 Å². The number of furan rings is 1. The van der Waals surface area contributed by atoms with Gasteiger partial charge in [-0.05, 0) is 29.8 Å². The van der Waals surface area contributed by atoms with E-state index in [2.05, 4.69) is 5.32 Å². The fourth-order valence-electron chi connectivity index (χ4n) is 1.66. The minimum Gasteiger partial charge on any atom is -0.497 e. The molecular formula is C14H15NO4. The van der Waals surface area contributed by atoms with Crippen molar-refractivity contribution in [3.8, 4) is 5.75 Å². The Balaban J connectivity index is 1.83. The topological polar surface area (TPSA) is 71.7 Å². The fraction of sp³-hybridized carbons (Fsp3) is 0.214. The molecule has 0 spiro atoms. The van der Waals surface area contributed by atoms with E-state index in [1.165, 1.54) is 6.07 Å². The van der Waals surface area contributed by atoms with Crippen LogP contribution in [0.25, 0.3) is 0 Å². The number of rotatable bonds is 6. The number of carboxylic acid groups (broad SMARTS) is 1. The van der Waals surface area contributed by atoms with Crippen LogP contribution in [-0.2, 0) is 13.1 Å². The Hall–Kier alpha value is -2.27. The largest absolute Gasteiger partial charge is 0.497 e. The standard InChI is InChI=1S/C14H15NO4/c1-18-11-4-2-10(3-5-11)8-15-9-12-6-7-13(19-12)14(16)17/h2-7,15H,8-9H2,1H3,(H,16,17). The predicted octanol–water partition coefficient (Wildman–Crippen LogP) is 2.28. The SMILES string of the molecule is COc1ccc(CNCc2ccc(C(=O)O)o2)cc1. The van der Waals surface area contributed by atoms with Crippen LogP contribution in [0.1, 0.15) is 21.9 Å². The minimum absolute atomic E-state index is 0.0405. The number of hydrogen-bond donors (Lipinski definition) is 2. The first kappa shape index (κ1) is 13.2. The van der Waals surface area contributed by atoms with Crippen LogP contribution in [0.5, 0.6) is 5.75 Å². The molecule has 1 aromatic carbocycles. The number of carbonyl (C=O) groups is 1. The third kappa shape index (κ3) is 3.59. The quantitative estimate of drug-likeness (QED) is 0.834. The third-order valence-electron chi connectivity index (χ3n) is 2.66. The van der Waals surface area contributed by atoms with Crippen molar-refractivity contribution >= 4 is 5.97 Å². The van der Waals surface area contributed by atoms with E-state index < -0.39 is 5.97 Å². The molecular weight excluding hydrogens is 246 g/mol. The Kier molecular flexibility index (Phi) is 4.20. The first-order valence-electron chi connectivity index (χ1n) is 5.84. The molecule has 5 heteroatoms. The molecule has 0 saturated carbocycles. The van der Waals surface area contributed by atoms with E-state index in [0.717, 1.165) is 11.3 Å². The molecule has 2 rings (SSSR count). The number of aromatic carboxylic acids is 1. The van der Waals surface area contributed by atoms with Crippen molar-refractivity contribution in [3.05, 3.63) is 53.5 Å². The van der Waals surface area contributed by atoms with Crippen LogP contribution in [0.4, 0.5) is 0 Å². The second-order valence-electron chi connectivity index (χ2n) is 4.02. The molecule has 2 N–H and O–H groups in total. The summed E-state index contributed by atoms with van der Waals surface area (Å²) in [4.78, 5) is 10.6. The number of nitrogens with one attached hydrogen (secondary N) is 1. The molecule has 0 saturated heterocycles. The van der Waals surface area contributed by atoms with Crippen molar-refractivity contribution in [3.63, 3.8) is 0 Å². The summed E-state index contributed by atoms with van der Waals surface area (Å²) >= 11 is 0. The van der Waals surface area contributed by atoms with Crippen LogP contribution in [0.15, 0.2) is 40.8 Å². The van der Waals surface area contributed by atoms with Gasteiger partial charge in [-0.2, -0.15) is 0 Å². The number of benzene rings is 1. The monoisotopic (exact) mass is 261 g/mol. The number of methoxy groups -OCH3 is 1. The lowest BCUT2D eigenvalue weighted by molar-refractivity contribution is 0.0660. The van der Waals surface area contributed by atoms with Gasteiger partial charge in [0.25, 0.3) is 0 Å². The Morgan fingerprint density at radius 2 is 1.95 bits per heavy atom. The van der Waals surface area contributed by atoms with Gasteiger partial charge in [-0.1, -0.05) is 12.1 Å². The number of ether oxygens (including phenoxy) is 1. The van der Waals surface area contributed by atoms with Crippen molar-refractivity contribution in [1.29, 1.82) is 0 Å². The number of hydrogen-bond acceptors (Lipinski definition) is 4. The molecule has 0 fully saturated rings. The summed E-state index contributed by atoms with van der Waals surface area (Å²) in [5, 5.41) is 11.9. The molecule has 1 aromatic heterocycles. The van der Waals surface area contributed by atoms with Gasteiger partial charge in [-0.25, -0.2) is 4.79 Å². The zero-order chi connectivity index (χ0) is 13.7. The Morgan fingerprint density at radius 3 is 2.53 bits per heavy atom. The molecule has 0 aliphatic rings. The van der Waals surface area contributed by atoms with Gasteiger partial charge in [0.15, 0.2) is 0 Å². The molecule has 19 heavy (non-hydrogen) atoms. The normalized spacial score (nSPS) is 10.4. The van der Waals surface area contributed by atoms with Crippen molar-refractivity contribution in [1.82, 2.24) is 5.32 Å². The van der Waals surface area contributed by atoms with Gasteiger partial charge >= 0.3 is 5.97 Å². The maximum absolute atomic E-state index is 10.6. The molecule has 5 nitrogen and oxygen atoms in total. The zero-order valence-corrected chi connectivity index (χ0v) is 10.6. The van der Waals surface area contributed by atoms with Crippen LogP contribution in [-0.4, -0.2) is 18.2 Å². The summed E-state index contributed by atoms with van der Waals surface area (Å²) < 4.78 is 10.2. The minimum atomic E-state index is -1.05. The lowest BCUT2D eigenvalue weighted by Crippen LogP contribution is -2.12. The fourth-order valence-corrected chi connectivity index (χ4v) is 1.66. The maximum atomic E-state index is 10.6. The molecule has 0 atom stereocenters. The zero-order valence-electron chi connectivity index (χ0n) is 10.6. The molecule has 1 heterocycles. The smallest absolute Gasteiger partial charge is 0.371 e. The van der Waals surface area contributed by atoms with Gasteiger partial charge in [0.1, 0.15) is 11.5 Å². The van der Waals surface area contributed by atoms with Crippen molar-refractivity contribution in [2.45, 2.75) is 13.1 Å². The molecule has 100 valence electrons. The van der Waals surface area contributed by atoms with Crippen LogP contribution in [0, 0.1) is 0 Å². The van der Waals surface area contributed by atoms with E-state index in [1.807, 2.05) is 24.3 Å². The predicted molar refractivity (Wildman–Crippen MR) is 69.2 cm³/mol. The molecule has 0 aliphatic heterocycles. The average Bonchev–Trinajstić information content (AvgIpc) is 2.89. The summed E-state index contributed by atoms with van der Waals surface area (Å²) in [7, 11) is 1.63. The highest BCUT2D eigenvalue weighted by Gasteiger charge is 2.08. The van der Waals surface area contributed by atoms with Gasteiger partial charge in [0.05, 0.1) is 13.7 Å². The third-order valence-corrected chi connectivity index (χ3v) is 2.66. The van der Waals surface area contributed by atoms with E-state index in [4.69, 9.17) is 14.3 Å². The average molecular weight is 261 g/mol. The van der Waals surface area contributed by atoms with Gasteiger partial charge in [-0.3, -0.25) is 0 Å². The van der Waals surface area contributed by atoms with Crippen LogP contribution in [0.3, 0.4) is 0 Å². The van der Waals surface area contributed by atoms with Crippen LogP contribution >= 0.6 is 0 Å². The van der Waals surface area contributed by atoms with E-state index in [0.29, 0.717) is 18.8 Å². The highest BCUT2D eigenvalue weighted by molar-refractivity contribution is 5.84. The first-order chi connectivity index (χ1) is 9.19. The molecule has 0 unspecified atom stereocenters. The summed E-state index contributed by atoms with van der Waals surface area (Å²) in [6.45, 7) is 1.16. The second kappa shape index (κ2) is 6.06. The molecule has 0 aliphatic carbocycles. The summed E-state index contributed by atoms with van der Waals surface area (Å²) in [5.41, 5.74) is 1.12. The molecule has 0 amide bonds. The Labute approximate surface area is 110 Å². The van der Waals surface area contributed by atoms with E-state index >= 15 is 0 Å². The van der Waals surface area contributed by atoms with Crippen LogP contribution < -0.4 is 10.1 Å². The highest BCUT2D eigenvalue weighted by atomic mass is 16.5. The van der Waals surface area contributed by atoms with Gasteiger partial charge in [-0.15, -0.1) is 0 Å². The summed E-state index contributed by atoms with van der Waals surface area (Å²) in [5.74, 6) is 0.328. The van der Waals surface area contributed by atoms with E-state index in [9.17, 15) is 4.79 Å². The molecule has 0 radical (unpaired) electrons. The first-order valence-corrected chi connectivity index (χ1v) is 5.84. The highest BCUT2D eigenvalue weighted by Crippen LogP contribution is 2.11. The number of carboxylic acids is 1. The van der Waals surface area contributed by atoms with Crippen LogP contribution in [0.2, 0.25) is 0 Å². The lowest BCUT2D eigenvalue weighted by atomic mass is 10.2. The molecule has 0 bridgehead atoms. The Morgan fingerprint density at radius 1 is 1.21 bits per heavy atom. The maximum Gasteiger partial charge on any atom is 0.371 e. The Bertz CT molecular complexity index is 545.